The first-order valence-corrected chi connectivity index (χ1v) is 6.73. The molecule has 6 heteroatoms. The van der Waals surface area contributed by atoms with Gasteiger partial charge in [0.15, 0.2) is 0 Å². The Hall–Kier alpha value is -1.72. The number of aromatic amines is 1. The molecule has 0 radical (unpaired) electrons. The van der Waals surface area contributed by atoms with E-state index < -0.39 is 11.2 Å². The quantitative estimate of drug-likeness (QED) is 0.729. The van der Waals surface area contributed by atoms with Crippen molar-refractivity contribution >= 4 is 11.5 Å². The number of hydrogen-bond donors (Lipinski definition) is 3. The summed E-state index contributed by atoms with van der Waals surface area (Å²) in [5, 5.41) is 3.15. The first-order valence-electron chi connectivity index (χ1n) is 6.73. The molecule has 19 heavy (non-hydrogen) atoms. The average molecular weight is 268 g/mol. The van der Waals surface area contributed by atoms with Crippen molar-refractivity contribution in [1.82, 2.24) is 9.55 Å². The molecular formula is C13H24N4O2. The molecule has 108 valence electrons. The fraction of sp³-hybridized carbons (Fsp3) is 0.692. The molecule has 0 aromatic carbocycles. The minimum Gasteiger partial charge on any atom is -0.383 e. The third-order valence-corrected chi connectivity index (χ3v) is 3.03. The summed E-state index contributed by atoms with van der Waals surface area (Å²) in [6.45, 7) is 8.53. The number of nitrogen functional groups attached to an aromatic ring is 1. The van der Waals surface area contributed by atoms with E-state index in [0.717, 1.165) is 19.3 Å². The summed E-state index contributed by atoms with van der Waals surface area (Å²) in [6.07, 6.45) is 2.67. The van der Waals surface area contributed by atoms with Gasteiger partial charge in [-0.1, -0.05) is 20.3 Å². The van der Waals surface area contributed by atoms with Crippen LogP contribution >= 0.6 is 0 Å². The second-order valence-electron chi connectivity index (χ2n) is 5.43. The molecule has 1 rings (SSSR count). The fourth-order valence-electron chi connectivity index (χ4n) is 2.18. The van der Waals surface area contributed by atoms with E-state index in [1.807, 2.05) is 20.8 Å². The Balaban J connectivity index is 3.25. The Bertz CT molecular complexity index is 543. The molecule has 0 aliphatic rings. The Morgan fingerprint density at radius 1 is 1.26 bits per heavy atom. The van der Waals surface area contributed by atoms with Crippen molar-refractivity contribution in [2.24, 2.45) is 0 Å². The van der Waals surface area contributed by atoms with Crippen LogP contribution in [0.25, 0.3) is 0 Å². The van der Waals surface area contributed by atoms with E-state index in [1.54, 1.807) is 0 Å². The van der Waals surface area contributed by atoms with Crippen LogP contribution < -0.4 is 22.3 Å². The SMILES string of the molecule is CCCn1c(N)c(NC(C)(C)CCC)c(=O)[nH]c1=O. The lowest BCUT2D eigenvalue weighted by molar-refractivity contribution is 0.509. The lowest BCUT2D eigenvalue weighted by Gasteiger charge is -2.27. The number of hydrogen-bond acceptors (Lipinski definition) is 4. The number of nitrogens with one attached hydrogen (secondary N) is 2. The first kappa shape index (κ1) is 15.3. The summed E-state index contributed by atoms with van der Waals surface area (Å²) in [7, 11) is 0. The number of anilines is 2. The molecule has 0 amide bonds. The molecule has 4 N–H and O–H groups in total. The molecule has 0 spiro atoms. The van der Waals surface area contributed by atoms with Crippen LogP contribution in [0.3, 0.4) is 0 Å². The van der Waals surface area contributed by atoms with Crippen LogP contribution in [-0.2, 0) is 6.54 Å². The zero-order valence-corrected chi connectivity index (χ0v) is 12.2. The second-order valence-corrected chi connectivity index (χ2v) is 5.43. The highest BCUT2D eigenvalue weighted by Crippen LogP contribution is 2.20. The number of nitrogens with zero attached hydrogens (tertiary/aromatic N) is 1. The normalized spacial score (nSPS) is 11.6. The van der Waals surface area contributed by atoms with E-state index >= 15 is 0 Å². The van der Waals surface area contributed by atoms with Crippen molar-refractivity contribution in [3.63, 3.8) is 0 Å². The molecular weight excluding hydrogens is 244 g/mol. The van der Waals surface area contributed by atoms with E-state index in [-0.39, 0.29) is 17.0 Å². The monoisotopic (exact) mass is 268 g/mol. The number of rotatable bonds is 6. The third-order valence-electron chi connectivity index (χ3n) is 3.03. The molecule has 0 atom stereocenters. The summed E-state index contributed by atoms with van der Waals surface area (Å²) in [5.74, 6) is 0.208. The maximum Gasteiger partial charge on any atom is 0.330 e. The van der Waals surface area contributed by atoms with Gasteiger partial charge in [0, 0.05) is 12.1 Å². The van der Waals surface area contributed by atoms with Crippen LogP contribution in [0.1, 0.15) is 47.0 Å². The molecule has 1 aromatic heterocycles. The molecule has 0 unspecified atom stereocenters. The zero-order chi connectivity index (χ0) is 14.6. The van der Waals surface area contributed by atoms with Gasteiger partial charge in [-0.2, -0.15) is 0 Å². The van der Waals surface area contributed by atoms with E-state index in [2.05, 4.69) is 17.2 Å². The van der Waals surface area contributed by atoms with Crippen molar-refractivity contribution in [2.45, 2.75) is 59.0 Å². The highest BCUT2D eigenvalue weighted by Gasteiger charge is 2.21. The Morgan fingerprint density at radius 2 is 1.89 bits per heavy atom. The van der Waals surface area contributed by atoms with E-state index in [1.165, 1.54) is 4.57 Å². The minimum atomic E-state index is -0.459. The van der Waals surface area contributed by atoms with Crippen LogP contribution in [0.4, 0.5) is 11.5 Å². The molecule has 0 saturated heterocycles. The maximum absolute atomic E-state index is 11.9. The van der Waals surface area contributed by atoms with Gasteiger partial charge in [0.1, 0.15) is 11.5 Å². The van der Waals surface area contributed by atoms with Gasteiger partial charge in [-0.15, -0.1) is 0 Å². The summed E-state index contributed by atoms with van der Waals surface area (Å²) in [4.78, 5) is 25.9. The third kappa shape index (κ3) is 3.62. The van der Waals surface area contributed by atoms with Crippen molar-refractivity contribution in [1.29, 1.82) is 0 Å². The van der Waals surface area contributed by atoms with Crippen molar-refractivity contribution in [3.8, 4) is 0 Å². The lowest BCUT2D eigenvalue weighted by Crippen LogP contribution is -2.39. The molecule has 0 fully saturated rings. The molecule has 0 saturated carbocycles. The van der Waals surface area contributed by atoms with Gasteiger partial charge in [0.2, 0.25) is 0 Å². The molecule has 1 heterocycles. The highest BCUT2D eigenvalue weighted by atomic mass is 16.2. The first-order chi connectivity index (χ1) is 8.82. The van der Waals surface area contributed by atoms with Gasteiger partial charge >= 0.3 is 5.69 Å². The van der Waals surface area contributed by atoms with Crippen molar-refractivity contribution < 1.29 is 0 Å². The minimum absolute atomic E-state index is 0.208. The second kappa shape index (κ2) is 5.95. The Kier molecular flexibility index (Phi) is 4.80. The zero-order valence-electron chi connectivity index (χ0n) is 12.2. The van der Waals surface area contributed by atoms with Crippen LogP contribution in [0, 0.1) is 0 Å². The van der Waals surface area contributed by atoms with E-state index in [4.69, 9.17) is 5.73 Å². The summed E-state index contributed by atoms with van der Waals surface area (Å²) in [6, 6.07) is 0. The molecule has 0 bridgehead atoms. The van der Waals surface area contributed by atoms with Gasteiger partial charge in [0.05, 0.1) is 0 Å². The fourth-order valence-corrected chi connectivity index (χ4v) is 2.18. The number of nitrogens with two attached hydrogens (primary N) is 1. The van der Waals surface area contributed by atoms with Gasteiger partial charge in [-0.05, 0) is 26.7 Å². The van der Waals surface area contributed by atoms with Gasteiger partial charge in [-0.3, -0.25) is 14.3 Å². The topological polar surface area (TPSA) is 92.9 Å². The van der Waals surface area contributed by atoms with Gasteiger partial charge in [-0.25, -0.2) is 4.79 Å². The van der Waals surface area contributed by atoms with Gasteiger partial charge < -0.3 is 11.1 Å². The number of H-pyrrole nitrogens is 1. The van der Waals surface area contributed by atoms with Crippen LogP contribution in [-0.4, -0.2) is 15.1 Å². The van der Waals surface area contributed by atoms with Crippen molar-refractivity contribution in [3.05, 3.63) is 20.8 Å². The van der Waals surface area contributed by atoms with Gasteiger partial charge in [0.25, 0.3) is 5.56 Å². The summed E-state index contributed by atoms with van der Waals surface area (Å²) < 4.78 is 1.39. The Morgan fingerprint density at radius 3 is 2.42 bits per heavy atom. The van der Waals surface area contributed by atoms with Crippen LogP contribution in [0.15, 0.2) is 9.59 Å². The standard InChI is InChI=1S/C13H24N4O2/c1-5-7-13(3,4)16-9-10(14)17(8-6-2)12(19)15-11(9)18/h16H,5-8,14H2,1-4H3,(H,15,18,19). The maximum atomic E-state index is 11.9. The summed E-state index contributed by atoms with van der Waals surface area (Å²) in [5.41, 5.74) is 5.08. The highest BCUT2D eigenvalue weighted by molar-refractivity contribution is 5.61. The predicted molar refractivity (Wildman–Crippen MR) is 78.6 cm³/mol. The largest absolute Gasteiger partial charge is 0.383 e. The van der Waals surface area contributed by atoms with E-state index in [0.29, 0.717) is 6.54 Å². The molecule has 6 nitrogen and oxygen atoms in total. The average Bonchev–Trinajstić information content (AvgIpc) is 2.30. The van der Waals surface area contributed by atoms with E-state index in [9.17, 15) is 9.59 Å². The summed E-state index contributed by atoms with van der Waals surface area (Å²) >= 11 is 0. The Labute approximate surface area is 113 Å². The smallest absolute Gasteiger partial charge is 0.330 e. The lowest BCUT2D eigenvalue weighted by atomic mass is 9.99. The van der Waals surface area contributed by atoms with Crippen LogP contribution in [0.2, 0.25) is 0 Å². The predicted octanol–water partition coefficient (Wildman–Crippen LogP) is 1.52. The molecule has 0 aliphatic carbocycles. The molecule has 0 aliphatic heterocycles. The number of aromatic nitrogens is 2. The van der Waals surface area contributed by atoms with Crippen LogP contribution in [0.5, 0.6) is 0 Å². The molecule has 1 aromatic rings. The van der Waals surface area contributed by atoms with Crippen molar-refractivity contribution in [2.75, 3.05) is 11.1 Å².